The number of hydrogen-bond acceptors (Lipinski definition) is 6. The van der Waals surface area contributed by atoms with Crippen LogP contribution in [0.2, 0.25) is 0 Å². The zero-order valence-electron chi connectivity index (χ0n) is 19.1. The normalized spacial score (nSPS) is 14.9. The Balaban J connectivity index is 1.74. The Kier molecular flexibility index (Phi) is 6.67. The van der Waals surface area contributed by atoms with Crippen LogP contribution >= 0.6 is 0 Å². The number of carbonyl (C=O) groups is 1. The van der Waals surface area contributed by atoms with Crippen LogP contribution in [0.3, 0.4) is 0 Å². The van der Waals surface area contributed by atoms with Crippen LogP contribution in [0.15, 0.2) is 60.7 Å². The SMILES string of the molecule is COc1ccc(CC2CCN(Cc3ccc(OC)cc3)c3cc([N+](=O)[O-])cc(C(=O)O)c32)cc1. The summed E-state index contributed by atoms with van der Waals surface area (Å²) >= 11 is 0. The van der Waals surface area contributed by atoms with Gasteiger partial charge in [-0.3, -0.25) is 10.1 Å². The molecule has 4 rings (SSSR count). The number of anilines is 1. The third-order valence-corrected chi connectivity index (χ3v) is 6.25. The van der Waals surface area contributed by atoms with Crippen molar-refractivity contribution in [2.75, 3.05) is 25.7 Å². The molecule has 0 saturated heterocycles. The quantitative estimate of drug-likeness (QED) is 0.369. The summed E-state index contributed by atoms with van der Waals surface area (Å²) < 4.78 is 10.5. The van der Waals surface area contributed by atoms with E-state index in [1.54, 1.807) is 14.2 Å². The number of carboxylic acid groups (broad SMARTS) is 1. The molecule has 1 aliphatic heterocycles. The zero-order valence-corrected chi connectivity index (χ0v) is 19.1. The van der Waals surface area contributed by atoms with Crippen LogP contribution in [0, 0.1) is 10.1 Å². The van der Waals surface area contributed by atoms with Crippen LogP contribution in [0.25, 0.3) is 0 Å². The predicted molar refractivity (Wildman–Crippen MR) is 128 cm³/mol. The van der Waals surface area contributed by atoms with E-state index < -0.39 is 10.9 Å². The zero-order chi connectivity index (χ0) is 24.2. The van der Waals surface area contributed by atoms with Crippen LogP contribution in [0.4, 0.5) is 11.4 Å². The number of nitro benzene ring substituents is 1. The highest BCUT2D eigenvalue weighted by Gasteiger charge is 2.32. The van der Waals surface area contributed by atoms with Gasteiger partial charge in [-0.1, -0.05) is 24.3 Å². The molecule has 8 heteroatoms. The topological polar surface area (TPSA) is 102 Å². The van der Waals surface area contributed by atoms with Gasteiger partial charge in [0.25, 0.3) is 5.69 Å². The molecule has 8 nitrogen and oxygen atoms in total. The van der Waals surface area contributed by atoms with E-state index in [-0.39, 0.29) is 17.2 Å². The standard InChI is InChI=1S/C26H26N2O6/c1-33-21-7-3-17(4-8-21)13-19-11-12-27(16-18-5-9-22(34-2)10-6-18)24-15-20(28(31)32)14-23(25(19)24)26(29)30/h3-10,14-15,19H,11-13,16H2,1-2H3,(H,29,30). The molecule has 3 aromatic carbocycles. The summed E-state index contributed by atoms with van der Waals surface area (Å²) in [5.41, 5.74) is 3.07. The minimum Gasteiger partial charge on any atom is -0.497 e. The number of rotatable bonds is 8. The summed E-state index contributed by atoms with van der Waals surface area (Å²) in [5.74, 6) is 0.250. The van der Waals surface area contributed by atoms with Crippen molar-refractivity contribution in [1.29, 1.82) is 0 Å². The number of carboxylic acids is 1. The maximum absolute atomic E-state index is 12.2. The molecule has 1 unspecified atom stereocenters. The van der Waals surface area contributed by atoms with Gasteiger partial charge in [0, 0.05) is 30.9 Å². The average molecular weight is 463 g/mol. The number of non-ortho nitro benzene ring substituents is 1. The van der Waals surface area contributed by atoms with Crippen LogP contribution in [-0.2, 0) is 13.0 Å². The summed E-state index contributed by atoms with van der Waals surface area (Å²) in [6, 6.07) is 18.0. The van der Waals surface area contributed by atoms with E-state index in [2.05, 4.69) is 0 Å². The summed E-state index contributed by atoms with van der Waals surface area (Å²) in [5, 5.41) is 21.6. The van der Waals surface area contributed by atoms with Gasteiger partial charge in [-0.25, -0.2) is 4.79 Å². The second kappa shape index (κ2) is 9.82. The number of hydrogen-bond donors (Lipinski definition) is 1. The van der Waals surface area contributed by atoms with E-state index in [0.717, 1.165) is 29.0 Å². The summed E-state index contributed by atoms with van der Waals surface area (Å²) in [4.78, 5) is 25.3. The fourth-order valence-electron chi connectivity index (χ4n) is 4.54. The van der Waals surface area contributed by atoms with Crippen molar-refractivity contribution in [3.05, 3.63) is 93.0 Å². The molecule has 1 aliphatic rings. The Labute approximate surface area is 197 Å². The molecule has 0 amide bonds. The third kappa shape index (κ3) is 4.80. The first-order valence-electron chi connectivity index (χ1n) is 11.0. The van der Waals surface area contributed by atoms with E-state index >= 15 is 0 Å². The summed E-state index contributed by atoms with van der Waals surface area (Å²) in [7, 11) is 3.21. The highest BCUT2D eigenvalue weighted by Crippen LogP contribution is 2.42. The molecule has 0 aromatic heterocycles. The average Bonchev–Trinajstić information content (AvgIpc) is 2.85. The van der Waals surface area contributed by atoms with E-state index in [4.69, 9.17) is 9.47 Å². The summed E-state index contributed by atoms with van der Waals surface area (Å²) in [6.45, 7) is 1.16. The fourth-order valence-corrected chi connectivity index (χ4v) is 4.54. The minimum atomic E-state index is -1.16. The number of benzene rings is 3. The van der Waals surface area contributed by atoms with Crippen LogP contribution < -0.4 is 14.4 Å². The number of nitrogens with zero attached hydrogens (tertiary/aromatic N) is 2. The molecule has 0 aliphatic carbocycles. The van der Waals surface area contributed by atoms with Crippen molar-refractivity contribution in [1.82, 2.24) is 0 Å². The maximum Gasteiger partial charge on any atom is 0.336 e. The molecular formula is C26H26N2O6. The van der Waals surface area contributed by atoms with Crippen molar-refractivity contribution in [2.45, 2.75) is 25.3 Å². The highest BCUT2D eigenvalue weighted by molar-refractivity contribution is 5.93. The number of nitro groups is 1. The molecule has 34 heavy (non-hydrogen) atoms. The minimum absolute atomic E-state index is 0.0119. The molecule has 1 heterocycles. The third-order valence-electron chi connectivity index (χ3n) is 6.25. The van der Waals surface area contributed by atoms with Gasteiger partial charge in [0.2, 0.25) is 0 Å². The molecular weight excluding hydrogens is 436 g/mol. The lowest BCUT2D eigenvalue weighted by molar-refractivity contribution is -0.384. The fraction of sp³-hybridized carbons (Fsp3) is 0.269. The lowest BCUT2D eigenvalue weighted by Crippen LogP contribution is -2.32. The second-order valence-corrected chi connectivity index (χ2v) is 8.30. The van der Waals surface area contributed by atoms with Crippen molar-refractivity contribution in [3.63, 3.8) is 0 Å². The molecule has 0 saturated carbocycles. The monoisotopic (exact) mass is 462 g/mol. The van der Waals surface area contributed by atoms with Gasteiger partial charge in [-0.15, -0.1) is 0 Å². The molecule has 3 aromatic rings. The molecule has 0 fully saturated rings. The van der Waals surface area contributed by atoms with Crippen LogP contribution in [0.5, 0.6) is 11.5 Å². The Morgan fingerprint density at radius 1 is 1.03 bits per heavy atom. The molecule has 0 spiro atoms. The Morgan fingerprint density at radius 2 is 1.62 bits per heavy atom. The van der Waals surface area contributed by atoms with Gasteiger partial charge in [0.05, 0.1) is 24.7 Å². The first-order valence-corrected chi connectivity index (χ1v) is 11.0. The molecule has 1 N–H and O–H groups in total. The van der Waals surface area contributed by atoms with Gasteiger partial charge in [0.15, 0.2) is 0 Å². The van der Waals surface area contributed by atoms with Gasteiger partial charge in [-0.05, 0) is 59.7 Å². The van der Waals surface area contributed by atoms with Gasteiger partial charge in [-0.2, -0.15) is 0 Å². The predicted octanol–water partition coefficient (Wildman–Crippen LogP) is 5.05. The lowest BCUT2D eigenvalue weighted by atomic mass is 9.82. The van der Waals surface area contributed by atoms with Crippen molar-refractivity contribution >= 4 is 17.3 Å². The van der Waals surface area contributed by atoms with Crippen molar-refractivity contribution in [2.24, 2.45) is 0 Å². The van der Waals surface area contributed by atoms with E-state index in [1.807, 2.05) is 53.4 Å². The van der Waals surface area contributed by atoms with E-state index in [0.29, 0.717) is 30.8 Å². The largest absolute Gasteiger partial charge is 0.497 e. The molecule has 1 atom stereocenters. The van der Waals surface area contributed by atoms with E-state index in [1.165, 1.54) is 12.1 Å². The Hall–Kier alpha value is -4.07. The second-order valence-electron chi connectivity index (χ2n) is 8.30. The van der Waals surface area contributed by atoms with Crippen molar-refractivity contribution < 1.29 is 24.3 Å². The van der Waals surface area contributed by atoms with E-state index in [9.17, 15) is 20.0 Å². The first kappa shape index (κ1) is 23.1. The molecule has 0 radical (unpaired) electrons. The molecule has 0 bridgehead atoms. The van der Waals surface area contributed by atoms with Gasteiger partial charge < -0.3 is 19.5 Å². The number of aromatic carboxylic acids is 1. The van der Waals surface area contributed by atoms with Crippen molar-refractivity contribution in [3.8, 4) is 11.5 Å². The lowest BCUT2D eigenvalue weighted by Gasteiger charge is -2.36. The number of methoxy groups -OCH3 is 2. The van der Waals surface area contributed by atoms with Crippen LogP contribution in [0.1, 0.15) is 39.4 Å². The summed E-state index contributed by atoms with van der Waals surface area (Å²) in [6.07, 6.45) is 1.36. The highest BCUT2D eigenvalue weighted by atomic mass is 16.6. The Morgan fingerprint density at radius 3 is 2.15 bits per heavy atom. The smallest absolute Gasteiger partial charge is 0.336 e. The number of ether oxygens (including phenoxy) is 2. The number of fused-ring (bicyclic) bond motifs is 1. The molecule has 176 valence electrons. The maximum atomic E-state index is 12.2. The van der Waals surface area contributed by atoms with Crippen LogP contribution in [-0.4, -0.2) is 36.8 Å². The van der Waals surface area contributed by atoms with Gasteiger partial charge in [0.1, 0.15) is 11.5 Å². The Bertz CT molecular complexity index is 1190. The van der Waals surface area contributed by atoms with Gasteiger partial charge >= 0.3 is 5.97 Å². The first-order chi connectivity index (χ1) is 16.4.